The van der Waals surface area contributed by atoms with Gasteiger partial charge in [-0.1, -0.05) is 24.3 Å². The number of hydrogen-bond donors (Lipinski definition) is 2. The number of aromatic amines is 1. The van der Waals surface area contributed by atoms with Gasteiger partial charge >= 0.3 is 0 Å². The summed E-state index contributed by atoms with van der Waals surface area (Å²) in [6, 6.07) is 17.0. The van der Waals surface area contributed by atoms with Crippen molar-refractivity contribution in [3.63, 3.8) is 0 Å². The highest BCUT2D eigenvalue weighted by Crippen LogP contribution is 2.28. The molecule has 7 heteroatoms. The third kappa shape index (κ3) is 4.33. The van der Waals surface area contributed by atoms with Crippen LogP contribution in [0.1, 0.15) is 16.1 Å². The van der Waals surface area contributed by atoms with E-state index >= 15 is 0 Å². The summed E-state index contributed by atoms with van der Waals surface area (Å²) >= 11 is 0. The average Bonchev–Trinajstić information content (AvgIpc) is 3.18. The van der Waals surface area contributed by atoms with Gasteiger partial charge in [-0.3, -0.25) is 9.89 Å². The maximum absolute atomic E-state index is 12.2. The van der Waals surface area contributed by atoms with Crippen molar-refractivity contribution in [1.82, 2.24) is 15.6 Å². The third-order valence-corrected chi connectivity index (χ3v) is 3.99. The van der Waals surface area contributed by atoms with Crippen LogP contribution in [0.15, 0.2) is 59.7 Å². The summed E-state index contributed by atoms with van der Waals surface area (Å²) in [7, 11) is 5.55. The van der Waals surface area contributed by atoms with Crippen LogP contribution >= 0.6 is 0 Å². The molecule has 0 saturated carbocycles. The number of methoxy groups -OCH3 is 1. The fourth-order valence-corrected chi connectivity index (χ4v) is 2.52. The van der Waals surface area contributed by atoms with Gasteiger partial charge in [-0.2, -0.15) is 10.2 Å². The number of hydrogen-bond acceptors (Lipinski definition) is 5. The van der Waals surface area contributed by atoms with Gasteiger partial charge in [0.2, 0.25) is 0 Å². The van der Waals surface area contributed by atoms with Crippen molar-refractivity contribution in [2.24, 2.45) is 5.10 Å². The lowest BCUT2D eigenvalue weighted by Gasteiger charge is -2.11. The first-order valence-corrected chi connectivity index (χ1v) is 8.38. The number of nitrogens with one attached hydrogen (secondary N) is 2. The minimum atomic E-state index is -0.371. The van der Waals surface area contributed by atoms with Crippen LogP contribution in [0, 0.1) is 0 Å². The van der Waals surface area contributed by atoms with Crippen LogP contribution in [0.25, 0.3) is 11.3 Å². The molecule has 0 fully saturated rings. The van der Waals surface area contributed by atoms with Gasteiger partial charge in [0.05, 0.1) is 19.0 Å². The molecule has 0 aliphatic carbocycles. The van der Waals surface area contributed by atoms with Crippen LogP contribution < -0.4 is 15.1 Å². The Bertz CT molecular complexity index is 945. The van der Waals surface area contributed by atoms with E-state index in [-0.39, 0.29) is 5.91 Å². The van der Waals surface area contributed by atoms with Crippen molar-refractivity contribution >= 4 is 17.8 Å². The zero-order valence-corrected chi connectivity index (χ0v) is 15.4. The molecule has 0 bridgehead atoms. The summed E-state index contributed by atoms with van der Waals surface area (Å²) < 4.78 is 5.33. The molecular weight excluding hydrogens is 342 g/mol. The van der Waals surface area contributed by atoms with Crippen LogP contribution in [0.2, 0.25) is 0 Å². The number of aromatic nitrogens is 2. The Balaban J connectivity index is 1.66. The van der Waals surface area contributed by atoms with Gasteiger partial charge in [-0.25, -0.2) is 5.43 Å². The molecule has 3 rings (SSSR count). The molecule has 1 amide bonds. The second-order valence-corrected chi connectivity index (χ2v) is 6.05. The van der Waals surface area contributed by atoms with Crippen molar-refractivity contribution < 1.29 is 9.53 Å². The number of para-hydroxylation sites is 1. The van der Waals surface area contributed by atoms with Crippen molar-refractivity contribution in [1.29, 1.82) is 0 Å². The van der Waals surface area contributed by atoms with E-state index in [2.05, 4.69) is 20.7 Å². The maximum Gasteiger partial charge on any atom is 0.289 e. The molecule has 1 aromatic heterocycles. The fourth-order valence-electron chi connectivity index (χ4n) is 2.52. The van der Waals surface area contributed by atoms with E-state index in [1.807, 2.05) is 67.5 Å². The number of anilines is 1. The highest BCUT2D eigenvalue weighted by atomic mass is 16.5. The molecule has 0 atom stereocenters. The summed E-state index contributed by atoms with van der Waals surface area (Å²) in [6.07, 6.45) is 1.59. The van der Waals surface area contributed by atoms with Gasteiger partial charge in [-0.05, 0) is 35.9 Å². The number of amides is 1. The van der Waals surface area contributed by atoms with Gasteiger partial charge in [-0.15, -0.1) is 0 Å². The van der Waals surface area contributed by atoms with Gasteiger partial charge in [0.1, 0.15) is 11.4 Å². The molecule has 2 aromatic carbocycles. The molecular formula is C20H21N5O2. The van der Waals surface area contributed by atoms with E-state index in [1.54, 1.807) is 19.4 Å². The molecule has 0 aliphatic rings. The van der Waals surface area contributed by atoms with Crippen LogP contribution in [-0.2, 0) is 0 Å². The normalized spacial score (nSPS) is 10.8. The lowest BCUT2D eigenvalue weighted by atomic mass is 10.1. The summed E-state index contributed by atoms with van der Waals surface area (Å²) in [6.45, 7) is 0. The summed E-state index contributed by atoms with van der Waals surface area (Å²) in [4.78, 5) is 14.3. The molecule has 3 aromatic rings. The first-order valence-electron chi connectivity index (χ1n) is 8.38. The quantitative estimate of drug-likeness (QED) is 0.521. The SMILES string of the molecule is COc1ccccc1-c1cc(C(=O)N/N=C\c2ccc(N(C)C)cc2)[nH]n1. The van der Waals surface area contributed by atoms with E-state index in [4.69, 9.17) is 4.74 Å². The molecule has 7 nitrogen and oxygen atoms in total. The molecule has 1 heterocycles. The van der Waals surface area contributed by atoms with Gasteiger partial charge in [0.15, 0.2) is 0 Å². The Morgan fingerprint density at radius 1 is 1.19 bits per heavy atom. The highest BCUT2D eigenvalue weighted by molar-refractivity contribution is 5.94. The smallest absolute Gasteiger partial charge is 0.289 e. The second-order valence-electron chi connectivity index (χ2n) is 6.05. The monoisotopic (exact) mass is 363 g/mol. The number of hydrazone groups is 1. The predicted octanol–water partition coefficient (Wildman–Crippen LogP) is 2.92. The molecule has 0 unspecified atom stereocenters. The first kappa shape index (κ1) is 18.2. The Hall–Kier alpha value is -3.61. The first-order chi connectivity index (χ1) is 13.1. The lowest BCUT2D eigenvalue weighted by molar-refractivity contribution is 0.0950. The maximum atomic E-state index is 12.2. The Morgan fingerprint density at radius 3 is 2.63 bits per heavy atom. The zero-order valence-electron chi connectivity index (χ0n) is 15.4. The number of H-pyrrole nitrogens is 1. The topological polar surface area (TPSA) is 82.6 Å². The van der Waals surface area contributed by atoms with Gasteiger partial charge < -0.3 is 9.64 Å². The number of rotatable bonds is 6. The predicted molar refractivity (Wildman–Crippen MR) is 106 cm³/mol. The van der Waals surface area contributed by atoms with Crippen molar-refractivity contribution in [3.8, 4) is 17.0 Å². The Morgan fingerprint density at radius 2 is 1.93 bits per heavy atom. The molecule has 0 radical (unpaired) electrons. The van der Waals surface area contributed by atoms with Crippen LogP contribution in [-0.4, -0.2) is 43.5 Å². The Kier molecular flexibility index (Phi) is 5.51. The van der Waals surface area contributed by atoms with Crippen molar-refractivity contribution in [2.75, 3.05) is 26.1 Å². The van der Waals surface area contributed by atoms with E-state index < -0.39 is 0 Å². The molecule has 138 valence electrons. The minimum Gasteiger partial charge on any atom is -0.496 e. The third-order valence-electron chi connectivity index (χ3n) is 3.99. The molecule has 0 aliphatic heterocycles. The molecule has 2 N–H and O–H groups in total. The summed E-state index contributed by atoms with van der Waals surface area (Å²) in [5.74, 6) is 0.319. The van der Waals surface area contributed by atoms with Crippen LogP contribution in [0.3, 0.4) is 0 Å². The van der Waals surface area contributed by atoms with E-state index in [0.717, 1.165) is 16.8 Å². The van der Waals surface area contributed by atoms with Gasteiger partial charge in [0.25, 0.3) is 5.91 Å². The lowest BCUT2D eigenvalue weighted by Crippen LogP contribution is -2.18. The van der Waals surface area contributed by atoms with Crippen LogP contribution in [0.5, 0.6) is 5.75 Å². The van der Waals surface area contributed by atoms with E-state index in [9.17, 15) is 4.79 Å². The van der Waals surface area contributed by atoms with Crippen LogP contribution in [0.4, 0.5) is 5.69 Å². The number of ether oxygens (including phenoxy) is 1. The van der Waals surface area contributed by atoms with Gasteiger partial charge in [0, 0.05) is 25.3 Å². The zero-order chi connectivity index (χ0) is 19.2. The standard InChI is InChI=1S/C20H21N5O2/c1-25(2)15-10-8-14(9-11-15)13-21-24-20(26)18-12-17(22-23-18)16-6-4-5-7-19(16)27-3/h4-13H,1-3H3,(H,22,23)(H,24,26)/b21-13-. The van der Waals surface area contributed by atoms with E-state index in [0.29, 0.717) is 17.1 Å². The van der Waals surface area contributed by atoms with Crippen molar-refractivity contribution in [2.45, 2.75) is 0 Å². The highest BCUT2D eigenvalue weighted by Gasteiger charge is 2.13. The number of carbonyl (C=O) groups excluding carboxylic acids is 1. The molecule has 27 heavy (non-hydrogen) atoms. The molecule has 0 saturated heterocycles. The number of benzene rings is 2. The second kappa shape index (κ2) is 8.18. The fraction of sp³-hybridized carbons (Fsp3) is 0.150. The Labute approximate surface area is 157 Å². The minimum absolute atomic E-state index is 0.316. The average molecular weight is 363 g/mol. The largest absolute Gasteiger partial charge is 0.496 e. The number of nitrogens with zero attached hydrogens (tertiary/aromatic N) is 3. The summed E-state index contributed by atoms with van der Waals surface area (Å²) in [5.41, 5.74) is 6.23. The van der Waals surface area contributed by atoms with Crippen molar-refractivity contribution in [3.05, 3.63) is 65.9 Å². The number of carbonyl (C=O) groups is 1. The summed E-state index contributed by atoms with van der Waals surface area (Å²) in [5, 5.41) is 10.9. The van der Waals surface area contributed by atoms with E-state index in [1.165, 1.54) is 0 Å². The molecule has 0 spiro atoms.